The van der Waals surface area contributed by atoms with Crippen LogP contribution in [0.2, 0.25) is 0 Å². The van der Waals surface area contributed by atoms with Crippen LogP contribution >= 0.6 is 0 Å². The maximum atomic E-state index is 13.8. The van der Waals surface area contributed by atoms with E-state index < -0.39 is 17.7 Å². The Balaban J connectivity index is 2.60. The Kier molecular flexibility index (Phi) is 3.67. The summed E-state index contributed by atoms with van der Waals surface area (Å²) < 4.78 is 27.6. The summed E-state index contributed by atoms with van der Waals surface area (Å²) in [5, 5.41) is 0. The first-order valence-corrected chi connectivity index (χ1v) is 6.19. The predicted octanol–water partition coefficient (Wildman–Crippen LogP) is 3.94. The van der Waals surface area contributed by atoms with Gasteiger partial charge in [0, 0.05) is 5.56 Å². The van der Waals surface area contributed by atoms with Crippen molar-refractivity contribution in [2.24, 2.45) is 5.73 Å². The molecule has 0 amide bonds. The lowest BCUT2D eigenvalue weighted by atomic mass is 9.90. The van der Waals surface area contributed by atoms with E-state index in [-0.39, 0.29) is 5.56 Å². The summed E-state index contributed by atoms with van der Waals surface area (Å²) in [6.45, 7) is 5.81. The highest BCUT2D eigenvalue weighted by atomic mass is 19.1. The number of aryl methyl sites for hydroxylation is 3. The van der Waals surface area contributed by atoms with Crippen LogP contribution in [-0.2, 0) is 0 Å². The Morgan fingerprint density at radius 1 is 0.895 bits per heavy atom. The molecule has 0 aliphatic heterocycles. The lowest BCUT2D eigenvalue weighted by Gasteiger charge is -2.19. The fraction of sp³-hybridized carbons (Fsp3) is 0.250. The first-order chi connectivity index (χ1) is 8.91. The summed E-state index contributed by atoms with van der Waals surface area (Å²) in [5.74, 6) is -1.21. The zero-order chi connectivity index (χ0) is 14.2. The molecule has 100 valence electrons. The molecule has 0 bridgehead atoms. The molecular formula is C16H17F2N. The van der Waals surface area contributed by atoms with Gasteiger partial charge in [0.1, 0.15) is 11.6 Å². The SMILES string of the molecule is Cc1cc(C)c(C(N)c2c(F)cccc2F)c(C)c1. The second-order valence-electron chi connectivity index (χ2n) is 4.93. The molecule has 19 heavy (non-hydrogen) atoms. The van der Waals surface area contributed by atoms with Gasteiger partial charge in [0.05, 0.1) is 6.04 Å². The van der Waals surface area contributed by atoms with Crippen molar-refractivity contribution in [2.75, 3.05) is 0 Å². The highest BCUT2D eigenvalue weighted by molar-refractivity contribution is 5.44. The zero-order valence-electron chi connectivity index (χ0n) is 11.3. The molecule has 0 saturated carbocycles. The molecule has 0 aliphatic rings. The second-order valence-corrected chi connectivity index (χ2v) is 4.93. The fourth-order valence-corrected chi connectivity index (χ4v) is 2.63. The maximum absolute atomic E-state index is 13.8. The van der Waals surface area contributed by atoms with Crippen LogP contribution in [0.5, 0.6) is 0 Å². The number of benzene rings is 2. The second kappa shape index (κ2) is 5.10. The van der Waals surface area contributed by atoms with Crippen LogP contribution in [0, 0.1) is 32.4 Å². The molecule has 1 unspecified atom stereocenters. The smallest absolute Gasteiger partial charge is 0.131 e. The summed E-state index contributed by atoms with van der Waals surface area (Å²) in [5.41, 5.74) is 9.82. The Bertz CT molecular complexity index is 577. The molecule has 0 fully saturated rings. The molecule has 0 aromatic heterocycles. The van der Waals surface area contributed by atoms with Crippen molar-refractivity contribution in [3.05, 3.63) is 69.8 Å². The van der Waals surface area contributed by atoms with E-state index in [2.05, 4.69) is 0 Å². The number of rotatable bonds is 2. The van der Waals surface area contributed by atoms with Gasteiger partial charge in [0.2, 0.25) is 0 Å². The van der Waals surface area contributed by atoms with E-state index in [9.17, 15) is 8.78 Å². The summed E-state index contributed by atoms with van der Waals surface area (Å²) in [6, 6.07) is 6.97. The molecule has 0 saturated heterocycles. The minimum Gasteiger partial charge on any atom is -0.320 e. The minimum atomic E-state index is -0.790. The molecular weight excluding hydrogens is 244 g/mol. The molecule has 1 atom stereocenters. The van der Waals surface area contributed by atoms with Crippen molar-refractivity contribution in [1.29, 1.82) is 0 Å². The van der Waals surface area contributed by atoms with Crippen LogP contribution in [0.1, 0.15) is 33.9 Å². The van der Waals surface area contributed by atoms with E-state index >= 15 is 0 Å². The van der Waals surface area contributed by atoms with Gasteiger partial charge in [-0.05, 0) is 49.6 Å². The van der Waals surface area contributed by atoms with E-state index in [4.69, 9.17) is 5.73 Å². The summed E-state index contributed by atoms with van der Waals surface area (Å²) >= 11 is 0. The van der Waals surface area contributed by atoms with E-state index in [0.717, 1.165) is 22.3 Å². The molecule has 2 aromatic rings. The number of hydrogen-bond acceptors (Lipinski definition) is 1. The van der Waals surface area contributed by atoms with E-state index in [1.807, 2.05) is 32.9 Å². The Labute approximate surface area is 112 Å². The molecule has 3 heteroatoms. The van der Waals surface area contributed by atoms with Crippen LogP contribution in [0.3, 0.4) is 0 Å². The van der Waals surface area contributed by atoms with Gasteiger partial charge in [0.15, 0.2) is 0 Å². The third kappa shape index (κ3) is 2.51. The highest BCUT2D eigenvalue weighted by Gasteiger charge is 2.21. The maximum Gasteiger partial charge on any atom is 0.131 e. The van der Waals surface area contributed by atoms with Crippen molar-refractivity contribution in [3.8, 4) is 0 Å². The Morgan fingerprint density at radius 2 is 1.37 bits per heavy atom. The third-order valence-corrected chi connectivity index (χ3v) is 3.36. The first-order valence-electron chi connectivity index (χ1n) is 6.19. The Morgan fingerprint density at radius 3 is 1.84 bits per heavy atom. The number of nitrogens with two attached hydrogens (primary N) is 1. The van der Waals surface area contributed by atoms with Gasteiger partial charge in [-0.15, -0.1) is 0 Å². The molecule has 2 N–H and O–H groups in total. The number of halogens is 2. The summed E-state index contributed by atoms with van der Waals surface area (Å²) in [4.78, 5) is 0. The molecule has 2 aromatic carbocycles. The van der Waals surface area contributed by atoms with Gasteiger partial charge in [-0.25, -0.2) is 8.78 Å². The van der Waals surface area contributed by atoms with Crippen molar-refractivity contribution < 1.29 is 8.78 Å². The minimum absolute atomic E-state index is 0.0717. The van der Waals surface area contributed by atoms with E-state index in [0.29, 0.717) is 0 Å². The van der Waals surface area contributed by atoms with Crippen molar-refractivity contribution >= 4 is 0 Å². The molecule has 0 spiro atoms. The van der Waals surface area contributed by atoms with Gasteiger partial charge in [0.25, 0.3) is 0 Å². The number of hydrogen-bond donors (Lipinski definition) is 1. The predicted molar refractivity (Wildman–Crippen MR) is 73.0 cm³/mol. The third-order valence-electron chi connectivity index (χ3n) is 3.36. The van der Waals surface area contributed by atoms with Crippen molar-refractivity contribution in [3.63, 3.8) is 0 Å². The van der Waals surface area contributed by atoms with E-state index in [1.54, 1.807) is 0 Å². The largest absolute Gasteiger partial charge is 0.320 e. The highest BCUT2D eigenvalue weighted by Crippen LogP contribution is 2.29. The molecule has 2 rings (SSSR count). The first kappa shape index (κ1) is 13.7. The zero-order valence-corrected chi connectivity index (χ0v) is 11.3. The lowest BCUT2D eigenvalue weighted by molar-refractivity contribution is 0.542. The molecule has 1 nitrogen and oxygen atoms in total. The van der Waals surface area contributed by atoms with Crippen molar-refractivity contribution in [1.82, 2.24) is 0 Å². The van der Waals surface area contributed by atoms with E-state index in [1.165, 1.54) is 18.2 Å². The van der Waals surface area contributed by atoms with Crippen LogP contribution in [0.4, 0.5) is 8.78 Å². The van der Waals surface area contributed by atoms with Crippen LogP contribution in [-0.4, -0.2) is 0 Å². The average molecular weight is 261 g/mol. The van der Waals surface area contributed by atoms with Gasteiger partial charge in [-0.1, -0.05) is 23.8 Å². The average Bonchev–Trinajstić information content (AvgIpc) is 2.26. The van der Waals surface area contributed by atoms with Gasteiger partial charge in [-0.3, -0.25) is 0 Å². The Hall–Kier alpha value is -1.74. The lowest BCUT2D eigenvalue weighted by Crippen LogP contribution is -2.18. The van der Waals surface area contributed by atoms with Crippen LogP contribution < -0.4 is 5.73 Å². The van der Waals surface area contributed by atoms with Gasteiger partial charge in [-0.2, -0.15) is 0 Å². The van der Waals surface area contributed by atoms with Gasteiger partial charge >= 0.3 is 0 Å². The summed E-state index contributed by atoms with van der Waals surface area (Å²) in [7, 11) is 0. The summed E-state index contributed by atoms with van der Waals surface area (Å²) in [6.07, 6.45) is 0. The monoisotopic (exact) mass is 261 g/mol. The van der Waals surface area contributed by atoms with Gasteiger partial charge < -0.3 is 5.73 Å². The normalized spacial score (nSPS) is 12.5. The topological polar surface area (TPSA) is 26.0 Å². The van der Waals surface area contributed by atoms with Crippen molar-refractivity contribution in [2.45, 2.75) is 26.8 Å². The van der Waals surface area contributed by atoms with Crippen LogP contribution in [0.15, 0.2) is 30.3 Å². The molecule has 0 radical (unpaired) electrons. The van der Waals surface area contributed by atoms with Crippen LogP contribution in [0.25, 0.3) is 0 Å². The standard InChI is InChI=1S/C16H17F2N/c1-9-7-10(2)14(11(3)8-9)16(19)15-12(17)5-4-6-13(15)18/h4-8,16H,19H2,1-3H3. The molecule has 0 heterocycles. The molecule has 0 aliphatic carbocycles. The quantitative estimate of drug-likeness (QED) is 0.870. The fourth-order valence-electron chi connectivity index (χ4n) is 2.63.